The highest BCUT2D eigenvalue weighted by atomic mass is 16.6. The monoisotopic (exact) mass is 464 g/mol. The number of rotatable bonds is 11. The van der Waals surface area contributed by atoms with Crippen LogP contribution in [0.1, 0.15) is 53.0 Å². The molecule has 2 rings (SSSR count). The first-order valence-corrected chi connectivity index (χ1v) is 12.1. The predicted molar refractivity (Wildman–Crippen MR) is 131 cm³/mol. The van der Waals surface area contributed by atoms with Gasteiger partial charge in [0, 0.05) is 39.3 Å². The Bertz CT molecular complexity index is 747. The predicted octanol–water partition coefficient (Wildman–Crippen LogP) is 4.51. The van der Waals surface area contributed by atoms with E-state index in [4.69, 9.17) is 24.7 Å². The highest BCUT2D eigenvalue weighted by molar-refractivity contribution is 5.68. The first-order chi connectivity index (χ1) is 15.5. The molecule has 7 heteroatoms. The summed E-state index contributed by atoms with van der Waals surface area (Å²) >= 11 is 0. The maximum atomic E-state index is 12.5. The molecule has 0 saturated carbocycles. The highest BCUT2D eigenvalue weighted by Gasteiger charge is 2.36. The number of amides is 1. The van der Waals surface area contributed by atoms with Crippen molar-refractivity contribution in [1.29, 1.82) is 0 Å². The van der Waals surface area contributed by atoms with Crippen LogP contribution in [0.15, 0.2) is 18.2 Å². The number of carbonyl (C=O) groups is 1. The highest BCUT2D eigenvalue weighted by Crippen LogP contribution is 2.33. The van der Waals surface area contributed by atoms with Gasteiger partial charge in [-0.1, -0.05) is 19.9 Å². The van der Waals surface area contributed by atoms with Gasteiger partial charge in [0.15, 0.2) is 11.5 Å². The maximum Gasteiger partial charge on any atom is 0.410 e. The minimum Gasteiger partial charge on any atom is -0.493 e. The van der Waals surface area contributed by atoms with Gasteiger partial charge in [0.2, 0.25) is 0 Å². The molecule has 0 spiro atoms. The standard InChI is InChI=1S/C26H44N2O5/c1-18(2)20(15-21-16-28(17-22(21)27)25(29)33-26(3,4)5)13-19-9-10-23(31-7)24(14-19)32-12-8-11-30-6/h9-10,14,18,20-22H,8,11-13,15-17,27H2,1-7H3/t20-,21?,22?/m0/s1. The second-order valence-corrected chi connectivity index (χ2v) is 10.4. The summed E-state index contributed by atoms with van der Waals surface area (Å²) in [6.07, 6.45) is 2.44. The Kier molecular flexibility index (Phi) is 10.3. The van der Waals surface area contributed by atoms with Crippen molar-refractivity contribution in [1.82, 2.24) is 4.90 Å². The molecule has 3 atom stereocenters. The summed E-state index contributed by atoms with van der Waals surface area (Å²) in [4.78, 5) is 14.3. The second kappa shape index (κ2) is 12.5. The van der Waals surface area contributed by atoms with Crippen LogP contribution in [0, 0.1) is 17.8 Å². The van der Waals surface area contributed by atoms with E-state index in [-0.39, 0.29) is 18.1 Å². The molecular weight excluding hydrogens is 420 g/mol. The van der Waals surface area contributed by atoms with Gasteiger partial charge >= 0.3 is 6.09 Å². The van der Waals surface area contributed by atoms with Crippen LogP contribution in [-0.2, 0) is 15.9 Å². The summed E-state index contributed by atoms with van der Waals surface area (Å²) < 4.78 is 22.1. The number of likely N-dealkylation sites (tertiary alicyclic amines) is 1. The Morgan fingerprint density at radius 1 is 1.15 bits per heavy atom. The zero-order valence-electron chi connectivity index (χ0n) is 21.6. The van der Waals surface area contributed by atoms with Crippen molar-refractivity contribution in [3.05, 3.63) is 23.8 Å². The van der Waals surface area contributed by atoms with Gasteiger partial charge in [-0.3, -0.25) is 0 Å². The third-order valence-corrected chi connectivity index (χ3v) is 6.17. The smallest absolute Gasteiger partial charge is 0.410 e. The van der Waals surface area contributed by atoms with E-state index >= 15 is 0 Å². The Hall–Kier alpha value is -1.99. The summed E-state index contributed by atoms with van der Waals surface area (Å²) in [7, 11) is 3.35. The van der Waals surface area contributed by atoms with Gasteiger partial charge in [0.05, 0.1) is 13.7 Å². The van der Waals surface area contributed by atoms with Crippen LogP contribution < -0.4 is 15.2 Å². The fraction of sp³-hybridized carbons (Fsp3) is 0.731. The summed E-state index contributed by atoms with van der Waals surface area (Å²) in [5.41, 5.74) is 7.17. The summed E-state index contributed by atoms with van der Waals surface area (Å²) in [6.45, 7) is 12.6. The fourth-order valence-electron chi connectivity index (χ4n) is 4.25. The zero-order valence-corrected chi connectivity index (χ0v) is 21.6. The van der Waals surface area contributed by atoms with E-state index < -0.39 is 5.60 Å². The van der Waals surface area contributed by atoms with E-state index in [0.29, 0.717) is 38.1 Å². The molecule has 0 aromatic heterocycles. The van der Waals surface area contributed by atoms with E-state index in [1.54, 1.807) is 19.1 Å². The molecule has 188 valence electrons. The van der Waals surface area contributed by atoms with Gasteiger partial charge in [-0.2, -0.15) is 0 Å². The SMILES string of the molecule is COCCCOc1cc(C[C@@H](CC2CN(C(=O)OC(C)(C)C)CC2N)C(C)C)ccc1OC. The Balaban J connectivity index is 2.03. The van der Waals surface area contributed by atoms with Crippen molar-refractivity contribution in [2.45, 2.75) is 65.5 Å². The molecule has 1 aliphatic heterocycles. The van der Waals surface area contributed by atoms with Crippen molar-refractivity contribution in [2.75, 3.05) is 40.5 Å². The molecular formula is C26H44N2O5. The van der Waals surface area contributed by atoms with E-state index in [2.05, 4.69) is 26.0 Å². The zero-order chi connectivity index (χ0) is 24.6. The lowest BCUT2D eigenvalue weighted by atomic mass is 9.81. The molecule has 1 heterocycles. The van der Waals surface area contributed by atoms with Crippen LogP contribution in [0.2, 0.25) is 0 Å². The van der Waals surface area contributed by atoms with Crippen molar-refractivity contribution < 1.29 is 23.7 Å². The van der Waals surface area contributed by atoms with Crippen molar-refractivity contribution in [3.63, 3.8) is 0 Å². The number of benzene rings is 1. The van der Waals surface area contributed by atoms with Crippen LogP contribution in [0.3, 0.4) is 0 Å². The van der Waals surface area contributed by atoms with Crippen LogP contribution in [0.25, 0.3) is 0 Å². The molecule has 7 nitrogen and oxygen atoms in total. The molecule has 1 saturated heterocycles. The van der Waals surface area contributed by atoms with Gasteiger partial charge in [-0.25, -0.2) is 4.79 Å². The summed E-state index contributed by atoms with van der Waals surface area (Å²) in [5.74, 6) is 2.69. The van der Waals surface area contributed by atoms with Crippen molar-refractivity contribution in [2.24, 2.45) is 23.5 Å². The van der Waals surface area contributed by atoms with Gasteiger partial charge < -0.3 is 29.6 Å². The number of hydrogen-bond acceptors (Lipinski definition) is 6. The summed E-state index contributed by atoms with van der Waals surface area (Å²) in [5, 5.41) is 0. The quantitative estimate of drug-likeness (QED) is 0.485. The molecule has 33 heavy (non-hydrogen) atoms. The lowest BCUT2D eigenvalue weighted by molar-refractivity contribution is 0.0284. The first kappa shape index (κ1) is 27.3. The molecule has 1 aliphatic rings. The second-order valence-electron chi connectivity index (χ2n) is 10.4. The van der Waals surface area contributed by atoms with Crippen LogP contribution >= 0.6 is 0 Å². The average molecular weight is 465 g/mol. The van der Waals surface area contributed by atoms with Gasteiger partial charge in [-0.15, -0.1) is 0 Å². The number of nitrogens with zero attached hydrogens (tertiary/aromatic N) is 1. The number of hydrogen-bond donors (Lipinski definition) is 1. The molecule has 0 aliphatic carbocycles. The fourth-order valence-corrected chi connectivity index (χ4v) is 4.25. The topological polar surface area (TPSA) is 83.2 Å². The molecule has 1 fully saturated rings. The lowest BCUT2D eigenvalue weighted by Gasteiger charge is -2.27. The number of nitrogens with two attached hydrogens (primary N) is 1. The third-order valence-electron chi connectivity index (χ3n) is 6.17. The van der Waals surface area contributed by atoms with E-state index in [9.17, 15) is 4.79 Å². The molecule has 2 unspecified atom stereocenters. The summed E-state index contributed by atoms with van der Waals surface area (Å²) in [6, 6.07) is 6.14. The van der Waals surface area contributed by atoms with E-state index in [0.717, 1.165) is 30.8 Å². The molecule has 1 aromatic carbocycles. The Labute approximate surface area is 199 Å². The van der Waals surface area contributed by atoms with Gasteiger partial charge in [0.1, 0.15) is 5.60 Å². The minimum absolute atomic E-state index is 0.0330. The van der Waals surface area contributed by atoms with Gasteiger partial charge in [-0.05, 0) is 69.1 Å². The molecule has 1 amide bonds. The Morgan fingerprint density at radius 3 is 2.48 bits per heavy atom. The molecule has 0 radical (unpaired) electrons. The van der Waals surface area contributed by atoms with Gasteiger partial charge in [0.25, 0.3) is 0 Å². The van der Waals surface area contributed by atoms with Crippen molar-refractivity contribution in [3.8, 4) is 11.5 Å². The van der Waals surface area contributed by atoms with Crippen LogP contribution in [0.4, 0.5) is 4.79 Å². The maximum absolute atomic E-state index is 12.5. The van der Waals surface area contributed by atoms with Crippen LogP contribution in [0.5, 0.6) is 11.5 Å². The minimum atomic E-state index is -0.503. The number of methoxy groups -OCH3 is 2. The van der Waals surface area contributed by atoms with Crippen molar-refractivity contribution >= 4 is 6.09 Å². The normalized spacial score (nSPS) is 19.6. The Morgan fingerprint density at radius 2 is 1.88 bits per heavy atom. The van der Waals surface area contributed by atoms with Crippen LogP contribution in [-0.4, -0.2) is 63.2 Å². The average Bonchev–Trinajstić information content (AvgIpc) is 3.10. The first-order valence-electron chi connectivity index (χ1n) is 12.1. The number of carbonyl (C=O) groups excluding carboxylic acids is 1. The third kappa shape index (κ3) is 8.70. The largest absolute Gasteiger partial charge is 0.493 e. The lowest BCUT2D eigenvalue weighted by Crippen LogP contribution is -2.36. The van der Waals surface area contributed by atoms with E-state index in [1.807, 2.05) is 26.8 Å². The molecule has 1 aromatic rings. The molecule has 2 N–H and O–H groups in total. The van der Waals surface area contributed by atoms with E-state index in [1.165, 1.54) is 5.56 Å². The number of ether oxygens (including phenoxy) is 4. The molecule has 0 bridgehead atoms.